The Morgan fingerprint density at radius 1 is 1.36 bits per heavy atom. The number of hydrazone groups is 1. The Hall–Kier alpha value is -1.68. The molecule has 1 aromatic carbocycles. The molecule has 0 fully saturated rings. The second-order valence-electron chi connectivity index (χ2n) is 3.20. The van der Waals surface area contributed by atoms with Gasteiger partial charge in [-0.25, -0.2) is 0 Å². The Balaban J connectivity index is 2.35. The Kier molecular flexibility index (Phi) is 2.05. The van der Waals surface area contributed by atoms with Crippen molar-refractivity contribution in [2.45, 2.75) is 13.0 Å². The fourth-order valence-corrected chi connectivity index (χ4v) is 1.33. The van der Waals surface area contributed by atoms with Gasteiger partial charge in [-0.1, -0.05) is 18.2 Å². The van der Waals surface area contributed by atoms with Crippen LogP contribution < -0.4 is 10.7 Å². The van der Waals surface area contributed by atoms with E-state index in [9.17, 15) is 4.79 Å². The molecule has 0 radical (unpaired) electrons. The molecule has 1 amide bonds. The van der Waals surface area contributed by atoms with E-state index in [1.165, 1.54) is 5.01 Å². The monoisotopic (exact) mass is 189 g/mol. The highest BCUT2D eigenvalue weighted by Crippen LogP contribution is 2.18. The Bertz CT molecular complexity index is 386. The highest BCUT2D eigenvalue weighted by Gasteiger charge is 2.30. The van der Waals surface area contributed by atoms with E-state index in [1.807, 2.05) is 30.3 Å². The van der Waals surface area contributed by atoms with Crippen LogP contribution in [0, 0.1) is 0 Å². The fourth-order valence-electron chi connectivity index (χ4n) is 1.33. The SMILES string of the molecule is CC1=NN(c2ccccc2)C(=O)[C@H]1N. The van der Waals surface area contributed by atoms with Gasteiger partial charge < -0.3 is 5.73 Å². The summed E-state index contributed by atoms with van der Waals surface area (Å²) in [4.78, 5) is 11.6. The predicted octanol–water partition coefficient (Wildman–Crippen LogP) is 0.736. The van der Waals surface area contributed by atoms with Gasteiger partial charge >= 0.3 is 0 Å². The first kappa shape index (κ1) is 8.90. The van der Waals surface area contributed by atoms with E-state index < -0.39 is 6.04 Å². The molecule has 0 bridgehead atoms. The molecule has 1 heterocycles. The zero-order valence-electron chi connectivity index (χ0n) is 7.84. The number of anilines is 1. The molecule has 0 aromatic heterocycles. The number of rotatable bonds is 1. The van der Waals surface area contributed by atoms with Crippen molar-refractivity contribution in [2.24, 2.45) is 10.8 Å². The predicted molar refractivity (Wildman–Crippen MR) is 55.0 cm³/mol. The topological polar surface area (TPSA) is 58.7 Å². The number of amides is 1. The van der Waals surface area contributed by atoms with Crippen molar-refractivity contribution < 1.29 is 4.79 Å². The number of carbonyl (C=O) groups excluding carboxylic acids is 1. The van der Waals surface area contributed by atoms with Gasteiger partial charge in [-0.15, -0.1) is 0 Å². The van der Waals surface area contributed by atoms with Crippen LogP contribution in [0.5, 0.6) is 0 Å². The molecular weight excluding hydrogens is 178 g/mol. The standard InChI is InChI=1S/C10H11N3O/c1-7-9(11)10(14)13(12-7)8-5-3-2-4-6-8/h2-6,9H,11H2,1H3/t9-/m0/s1. The summed E-state index contributed by atoms with van der Waals surface area (Å²) < 4.78 is 0. The first-order valence-electron chi connectivity index (χ1n) is 4.40. The molecule has 0 saturated heterocycles. The molecule has 1 aliphatic rings. The largest absolute Gasteiger partial charge is 0.315 e. The second kappa shape index (κ2) is 3.23. The molecule has 1 atom stereocenters. The van der Waals surface area contributed by atoms with E-state index in [0.717, 1.165) is 5.69 Å². The fraction of sp³-hybridized carbons (Fsp3) is 0.200. The molecule has 0 spiro atoms. The van der Waals surface area contributed by atoms with Gasteiger partial charge in [0.05, 0.1) is 11.4 Å². The highest BCUT2D eigenvalue weighted by atomic mass is 16.2. The van der Waals surface area contributed by atoms with Gasteiger partial charge in [0.15, 0.2) is 0 Å². The molecule has 0 aliphatic carbocycles. The summed E-state index contributed by atoms with van der Waals surface area (Å²) in [7, 11) is 0. The molecule has 4 nitrogen and oxygen atoms in total. The Morgan fingerprint density at radius 2 is 2.00 bits per heavy atom. The third-order valence-corrected chi connectivity index (χ3v) is 2.18. The molecule has 0 saturated carbocycles. The number of carbonyl (C=O) groups is 1. The molecule has 1 aromatic rings. The van der Waals surface area contributed by atoms with Crippen LogP contribution >= 0.6 is 0 Å². The minimum atomic E-state index is -0.588. The van der Waals surface area contributed by atoms with Crippen LogP contribution in [0.1, 0.15) is 6.92 Å². The lowest BCUT2D eigenvalue weighted by Crippen LogP contribution is -2.38. The van der Waals surface area contributed by atoms with E-state index in [2.05, 4.69) is 5.10 Å². The van der Waals surface area contributed by atoms with Crippen molar-refractivity contribution >= 4 is 17.3 Å². The average molecular weight is 189 g/mol. The van der Waals surface area contributed by atoms with Crippen molar-refractivity contribution in [1.29, 1.82) is 0 Å². The lowest BCUT2D eigenvalue weighted by Gasteiger charge is -2.11. The number of hydrogen-bond acceptors (Lipinski definition) is 3. The molecule has 72 valence electrons. The quantitative estimate of drug-likeness (QED) is 0.708. The van der Waals surface area contributed by atoms with Gasteiger partial charge in [0.1, 0.15) is 6.04 Å². The first-order chi connectivity index (χ1) is 6.70. The van der Waals surface area contributed by atoms with Crippen LogP contribution in [0.3, 0.4) is 0 Å². The summed E-state index contributed by atoms with van der Waals surface area (Å²) in [5.74, 6) is -0.172. The van der Waals surface area contributed by atoms with E-state index >= 15 is 0 Å². The number of hydrogen-bond donors (Lipinski definition) is 1. The van der Waals surface area contributed by atoms with E-state index in [-0.39, 0.29) is 5.91 Å². The molecular formula is C10H11N3O. The van der Waals surface area contributed by atoms with Crippen molar-refractivity contribution in [1.82, 2.24) is 0 Å². The zero-order valence-corrected chi connectivity index (χ0v) is 7.84. The smallest absolute Gasteiger partial charge is 0.270 e. The summed E-state index contributed by atoms with van der Waals surface area (Å²) in [6, 6.07) is 8.67. The van der Waals surface area contributed by atoms with E-state index in [1.54, 1.807) is 6.92 Å². The normalized spacial score (nSPS) is 21.3. The van der Waals surface area contributed by atoms with Crippen LogP contribution in [0.15, 0.2) is 35.4 Å². The van der Waals surface area contributed by atoms with Crippen LogP contribution in [0.25, 0.3) is 0 Å². The maximum absolute atomic E-state index is 11.6. The Morgan fingerprint density at radius 3 is 2.50 bits per heavy atom. The third-order valence-electron chi connectivity index (χ3n) is 2.18. The van der Waals surface area contributed by atoms with Gasteiger partial charge in [-0.05, 0) is 19.1 Å². The summed E-state index contributed by atoms with van der Waals surface area (Å²) in [5, 5.41) is 5.44. The van der Waals surface area contributed by atoms with Crippen LogP contribution in [0.4, 0.5) is 5.69 Å². The van der Waals surface area contributed by atoms with Gasteiger partial charge in [0, 0.05) is 0 Å². The molecule has 2 N–H and O–H groups in total. The van der Waals surface area contributed by atoms with E-state index in [0.29, 0.717) is 5.71 Å². The van der Waals surface area contributed by atoms with Crippen LogP contribution in [-0.2, 0) is 4.79 Å². The van der Waals surface area contributed by atoms with Gasteiger partial charge in [0.2, 0.25) is 0 Å². The molecule has 4 heteroatoms. The summed E-state index contributed by atoms with van der Waals surface area (Å²) in [5.41, 5.74) is 7.03. The lowest BCUT2D eigenvalue weighted by atomic mass is 10.2. The van der Waals surface area contributed by atoms with Crippen molar-refractivity contribution in [3.05, 3.63) is 30.3 Å². The minimum absolute atomic E-state index is 0.172. The van der Waals surface area contributed by atoms with E-state index in [4.69, 9.17) is 5.73 Å². The highest BCUT2D eigenvalue weighted by molar-refractivity contribution is 6.17. The number of nitrogens with zero attached hydrogens (tertiary/aromatic N) is 2. The average Bonchev–Trinajstić information content (AvgIpc) is 2.47. The molecule has 2 rings (SSSR count). The molecule has 0 unspecified atom stereocenters. The number of para-hydroxylation sites is 1. The maximum atomic E-state index is 11.6. The van der Waals surface area contributed by atoms with Crippen molar-refractivity contribution in [3.63, 3.8) is 0 Å². The zero-order chi connectivity index (χ0) is 10.1. The second-order valence-corrected chi connectivity index (χ2v) is 3.20. The van der Waals surface area contributed by atoms with Crippen molar-refractivity contribution in [2.75, 3.05) is 5.01 Å². The molecule has 14 heavy (non-hydrogen) atoms. The van der Waals surface area contributed by atoms with Crippen LogP contribution in [-0.4, -0.2) is 17.7 Å². The maximum Gasteiger partial charge on any atom is 0.270 e. The third kappa shape index (κ3) is 1.29. The number of benzene rings is 1. The Labute approximate surface area is 82.0 Å². The first-order valence-corrected chi connectivity index (χ1v) is 4.40. The lowest BCUT2D eigenvalue weighted by molar-refractivity contribution is -0.117. The summed E-state index contributed by atoms with van der Waals surface area (Å²) in [6.45, 7) is 1.76. The van der Waals surface area contributed by atoms with Crippen LogP contribution in [0.2, 0.25) is 0 Å². The minimum Gasteiger partial charge on any atom is -0.315 e. The van der Waals surface area contributed by atoms with Gasteiger partial charge in [-0.3, -0.25) is 4.79 Å². The number of nitrogens with two attached hydrogens (primary N) is 1. The summed E-state index contributed by atoms with van der Waals surface area (Å²) >= 11 is 0. The van der Waals surface area contributed by atoms with Crippen molar-refractivity contribution in [3.8, 4) is 0 Å². The van der Waals surface area contributed by atoms with Gasteiger partial charge in [-0.2, -0.15) is 10.1 Å². The van der Waals surface area contributed by atoms with Gasteiger partial charge in [0.25, 0.3) is 5.91 Å². The molecule has 1 aliphatic heterocycles. The summed E-state index contributed by atoms with van der Waals surface area (Å²) in [6.07, 6.45) is 0.